The summed E-state index contributed by atoms with van der Waals surface area (Å²) in [6, 6.07) is 15.6. The van der Waals surface area contributed by atoms with Crippen LogP contribution in [0.3, 0.4) is 0 Å². The first-order valence-electron chi connectivity index (χ1n) is 7.47. The number of likely N-dealkylation sites (N-methyl/N-ethyl adjacent to an activating group) is 1. The van der Waals surface area contributed by atoms with Crippen molar-refractivity contribution in [3.8, 4) is 0 Å². The van der Waals surface area contributed by atoms with Crippen LogP contribution in [-0.2, 0) is 6.42 Å². The Morgan fingerprint density at radius 3 is 2.05 bits per heavy atom. The van der Waals surface area contributed by atoms with Crippen molar-refractivity contribution in [1.29, 1.82) is 0 Å². The molecule has 0 aliphatic carbocycles. The molecule has 0 aromatic heterocycles. The molecule has 0 bridgehead atoms. The van der Waals surface area contributed by atoms with Crippen LogP contribution in [0.25, 0.3) is 0 Å². The zero-order chi connectivity index (χ0) is 14.5. The zero-order valence-corrected chi connectivity index (χ0v) is 13.0. The quantitative estimate of drug-likeness (QED) is 0.840. The van der Waals surface area contributed by atoms with E-state index in [2.05, 4.69) is 75.5 Å². The van der Waals surface area contributed by atoms with Crippen LogP contribution >= 0.6 is 0 Å². The van der Waals surface area contributed by atoms with Crippen LogP contribution in [0.4, 0.5) is 0 Å². The Hall–Kier alpha value is -1.60. The van der Waals surface area contributed by atoms with Crippen molar-refractivity contribution in [2.75, 3.05) is 6.54 Å². The van der Waals surface area contributed by atoms with E-state index in [1.807, 2.05) is 0 Å². The van der Waals surface area contributed by atoms with Gasteiger partial charge in [-0.05, 0) is 61.6 Å². The molecule has 2 rings (SSSR count). The summed E-state index contributed by atoms with van der Waals surface area (Å²) >= 11 is 0. The molecule has 0 heterocycles. The monoisotopic (exact) mass is 267 g/mol. The molecular formula is C19H25N. The number of aryl methyl sites for hydroxylation is 3. The molecule has 0 aliphatic heterocycles. The summed E-state index contributed by atoms with van der Waals surface area (Å²) < 4.78 is 0. The second-order valence-electron chi connectivity index (χ2n) is 5.54. The molecular weight excluding hydrogens is 242 g/mol. The van der Waals surface area contributed by atoms with Crippen LogP contribution in [0.2, 0.25) is 0 Å². The van der Waals surface area contributed by atoms with Crippen molar-refractivity contribution in [1.82, 2.24) is 5.32 Å². The van der Waals surface area contributed by atoms with Crippen molar-refractivity contribution in [2.24, 2.45) is 0 Å². The van der Waals surface area contributed by atoms with E-state index in [0.29, 0.717) is 6.04 Å². The Bertz CT molecular complexity index is 551. The Kier molecular flexibility index (Phi) is 4.97. The van der Waals surface area contributed by atoms with Gasteiger partial charge in [0.25, 0.3) is 0 Å². The predicted octanol–water partition coefficient (Wildman–Crippen LogP) is 4.51. The number of hydrogen-bond donors (Lipinski definition) is 1. The lowest BCUT2D eigenvalue weighted by atomic mass is 9.91. The van der Waals surface area contributed by atoms with Gasteiger partial charge in [-0.25, -0.2) is 0 Å². The van der Waals surface area contributed by atoms with Crippen LogP contribution in [0.5, 0.6) is 0 Å². The number of rotatable bonds is 5. The van der Waals surface area contributed by atoms with E-state index in [1.165, 1.54) is 27.8 Å². The molecule has 0 radical (unpaired) electrons. The molecule has 2 aromatic carbocycles. The van der Waals surface area contributed by atoms with Gasteiger partial charge >= 0.3 is 0 Å². The van der Waals surface area contributed by atoms with Gasteiger partial charge in [0.05, 0.1) is 0 Å². The average Bonchev–Trinajstić information content (AvgIpc) is 2.43. The highest BCUT2D eigenvalue weighted by Crippen LogP contribution is 2.25. The summed E-state index contributed by atoms with van der Waals surface area (Å²) in [5, 5.41) is 3.64. The lowest BCUT2D eigenvalue weighted by Gasteiger charge is -2.22. The molecule has 0 saturated carbocycles. The summed E-state index contributed by atoms with van der Waals surface area (Å²) in [7, 11) is 0. The second kappa shape index (κ2) is 6.71. The molecule has 1 atom stereocenters. The molecule has 2 aromatic rings. The normalized spacial score (nSPS) is 12.4. The Morgan fingerprint density at radius 1 is 0.850 bits per heavy atom. The zero-order valence-electron chi connectivity index (χ0n) is 13.0. The van der Waals surface area contributed by atoms with E-state index >= 15 is 0 Å². The minimum Gasteiger partial charge on any atom is -0.310 e. The molecule has 106 valence electrons. The summed E-state index contributed by atoms with van der Waals surface area (Å²) in [5.41, 5.74) is 7.03. The van der Waals surface area contributed by atoms with E-state index in [-0.39, 0.29) is 0 Å². The third-order valence-electron chi connectivity index (χ3n) is 4.07. The minimum atomic E-state index is 0.390. The van der Waals surface area contributed by atoms with Gasteiger partial charge in [0.1, 0.15) is 0 Å². The fraction of sp³-hybridized carbons (Fsp3) is 0.368. The third kappa shape index (κ3) is 3.29. The van der Waals surface area contributed by atoms with Gasteiger partial charge in [-0.3, -0.25) is 0 Å². The molecule has 1 nitrogen and oxygen atoms in total. The summed E-state index contributed by atoms with van der Waals surface area (Å²) in [5.74, 6) is 0. The molecule has 0 saturated heterocycles. The van der Waals surface area contributed by atoms with Crippen molar-refractivity contribution in [2.45, 2.75) is 40.2 Å². The first-order chi connectivity index (χ1) is 9.63. The first-order valence-corrected chi connectivity index (χ1v) is 7.47. The van der Waals surface area contributed by atoms with Gasteiger partial charge in [0.2, 0.25) is 0 Å². The maximum atomic E-state index is 3.64. The minimum absolute atomic E-state index is 0.390. The SMILES string of the molecule is CCNC(Cc1c(C)cccc1C)c1ccccc1C. The predicted molar refractivity (Wildman–Crippen MR) is 87.2 cm³/mol. The van der Waals surface area contributed by atoms with Crippen molar-refractivity contribution in [3.63, 3.8) is 0 Å². The lowest BCUT2D eigenvalue weighted by Crippen LogP contribution is -2.24. The maximum absolute atomic E-state index is 3.64. The van der Waals surface area contributed by atoms with Gasteiger partial charge in [0.15, 0.2) is 0 Å². The Labute approximate surface area is 123 Å². The van der Waals surface area contributed by atoms with E-state index in [1.54, 1.807) is 0 Å². The van der Waals surface area contributed by atoms with E-state index in [4.69, 9.17) is 0 Å². The highest BCUT2D eigenvalue weighted by Gasteiger charge is 2.15. The van der Waals surface area contributed by atoms with Crippen LogP contribution in [0.15, 0.2) is 42.5 Å². The molecule has 0 spiro atoms. The molecule has 1 N–H and O–H groups in total. The standard InChI is InChI=1S/C19H25N/c1-5-20-19(17-12-7-6-9-14(17)2)13-18-15(3)10-8-11-16(18)4/h6-12,19-20H,5,13H2,1-4H3. The van der Waals surface area contributed by atoms with E-state index < -0.39 is 0 Å². The first kappa shape index (κ1) is 14.8. The third-order valence-corrected chi connectivity index (χ3v) is 4.07. The summed E-state index contributed by atoms with van der Waals surface area (Å²) in [6.45, 7) is 9.79. The Morgan fingerprint density at radius 2 is 1.45 bits per heavy atom. The lowest BCUT2D eigenvalue weighted by molar-refractivity contribution is 0.545. The molecule has 0 amide bonds. The van der Waals surface area contributed by atoms with Gasteiger partial charge in [0, 0.05) is 6.04 Å². The average molecular weight is 267 g/mol. The molecule has 1 unspecified atom stereocenters. The van der Waals surface area contributed by atoms with Crippen LogP contribution in [0, 0.1) is 20.8 Å². The largest absolute Gasteiger partial charge is 0.310 e. The van der Waals surface area contributed by atoms with Crippen molar-refractivity contribution in [3.05, 3.63) is 70.3 Å². The fourth-order valence-corrected chi connectivity index (χ4v) is 2.89. The molecule has 1 heteroatoms. The van der Waals surface area contributed by atoms with Crippen molar-refractivity contribution >= 4 is 0 Å². The summed E-state index contributed by atoms with van der Waals surface area (Å²) in [4.78, 5) is 0. The topological polar surface area (TPSA) is 12.0 Å². The smallest absolute Gasteiger partial charge is 0.0363 e. The number of nitrogens with one attached hydrogen (secondary N) is 1. The van der Waals surface area contributed by atoms with Crippen LogP contribution < -0.4 is 5.32 Å². The second-order valence-corrected chi connectivity index (χ2v) is 5.54. The van der Waals surface area contributed by atoms with Crippen LogP contribution in [-0.4, -0.2) is 6.54 Å². The van der Waals surface area contributed by atoms with E-state index in [9.17, 15) is 0 Å². The molecule has 0 fully saturated rings. The number of benzene rings is 2. The van der Waals surface area contributed by atoms with Gasteiger partial charge in [-0.2, -0.15) is 0 Å². The highest BCUT2D eigenvalue weighted by molar-refractivity contribution is 5.37. The Balaban J connectivity index is 2.33. The van der Waals surface area contributed by atoms with Gasteiger partial charge < -0.3 is 5.32 Å². The van der Waals surface area contributed by atoms with Crippen molar-refractivity contribution < 1.29 is 0 Å². The highest BCUT2D eigenvalue weighted by atomic mass is 14.9. The van der Waals surface area contributed by atoms with Crippen LogP contribution in [0.1, 0.15) is 40.8 Å². The van der Waals surface area contributed by atoms with Gasteiger partial charge in [-0.15, -0.1) is 0 Å². The van der Waals surface area contributed by atoms with E-state index in [0.717, 1.165) is 13.0 Å². The van der Waals surface area contributed by atoms with Gasteiger partial charge in [-0.1, -0.05) is 49.4 Å². The molecule has 0 aliphatic rings. The summed E-state index contributed by atoms with van der Waals surface area (Å²) in [6.07, 6.45) is 1.05. The fourth-order valence-electron chi connectivity index (χ4n) is 2.89. The number of hydrogen-bond acceptors (Lipinski definition) is 1. The maximum Gasteiger partial charge on any atom is 0.0363 e. The molecule has 20 heavy (non-hydrogen) atoms.